The Bertz CT molecular complexity index is 922. The first-order chi connectivity index (χ1) is 15.1. The minimum absolute atomic E-state index is 0.0310. The van der Waals surface area contributed by atoms with E-state index in [9.17, 15) is 4.79 Å². The number of carbonyl (C=O) groups is 1. The van der Waals surface area contributed by atoms with E-state index in [2.05, 4.69) is 45.4 Å². The zero-order valence-corrected chi connectivity index (χ0v) is 19.2. The van der Waals surface area contributed by atoms with E-state index in [0.29, 0.717) is 5.91 Å². The van der Waals surface area contributed by atoms with Gasteiger partial charge in [0.1, 0.15) is 5.82 Å². The summed E-state index contributed by atoms with van der Waals surface area (Å²) in [5, 5.41) is 1.000. The SMILES string of the molecule is CC1CN(c2nc(Cc3ccccc3)ns2)CCN1C(=O)C12CC3CC(CC(C3)C1)C2. The van der Waals surface area contributed by atoms with Gasteiger partial charge < -0.3 is 9.80 Å². The van der Waals surface area contributed by atoms with Crippen molar-refractivity contribution in [2.24, 2.45) is 23.2 Å². The Balaban J connectivity index is 1.12. The molecule has 1 unspecified atom stereocenters. The molecule has 2 heterocycles. The number of carbonyl (C=O) groups excluding carboxylic acids is 1. The Morgan fingerprint density at radius 3 is 2.39 bits per heavy atom. The zero-order valence-electron chi connectivity index (χ0n) is 18.4. The molecule has 7 rings (SSSR count). The molecule has 5 fully saturated rings. The predicted molar refractivity (Wildman–Crippen MR) is 123 cm³/mol. The molecule has 1 aromatic carbocycles. The molecule has 5 aliphatic rings. The van der Waals surface area contributed by atoms with Crippen molar-refractivity contribution >= 4 is 22.6 Å². The van der Waals surface area contributed by atoms with Crippen molar-refractivity contribution in [2.75, 3.05) is 24.5 Å². The maximum Gasteiger partial charge on any atom is 0.229 e. The molecular formula is C25H32N4OS. The Labute approximate surface area is 189 Å². The summed E-state index contributed by atoms with van der Waals surface area (Å²) < 4.78 is 4.60. The maximum atomic E-state index is 13.8. The fraction of sp³-hybridized carbons (Fsp3) is 0.640. The minimum Gasteiger partial charge on any atom is -0.343 e. The van der Waals surface area contributed by atoms with Crippen LogP contribution in [0.25, 0.3) is 0 Å². The van der Waals surface area contributed by atoms with Gasteiger partial charge in [0.05, 0.1) is 5.41 Å². The lowest BCUT2D eigenvalue weighted by Gasteiger charge is -2.57. The predicted octanol–water partition coefficient (Wildman–Crippen LogP) is 4.38. The highest BCUT2D eigenvalue weighted by molar-refractivity contribution is 7.09. The highest BCUT2D eigenvalue weighted by atomic mass is 32.1. The van der Waals surface area contributed by atoms with Gasteiger partial charge in [0.25, 0.3) is 0 Å². The molecule has 1 atom stereocenters. The van der Waals surface area contributed by atoms with Crippen LogP contribution >= 0.6 is 11.5 Å². The van der Waals surface area contributed by atoms with Crippen molar-refractivity contribution in [1.29, 1.82) is 0 Å². The van der Waals surface area contributed by atoms with Crippen LogP contribution in [-0.4, -0.2) is 45.8 Å². The van der Waals surface area contributed by atoms with E-state index >= 15 is 0 Å². The van der Waals surface area contributed by atoms with Crippen molar-refractivity contribution in [1.82, 2.24) is 14.3 Å². The van der Waals surface area contributed by atoms with Crippen molar-refractivity contribution < 1.29 is 4.79 Å². The van der Waals surface area contributed by atoms with E-state index in [-0.39, 0.29) is 11.5 Å². The summed E-state index contributed by atoms with van der Waals surface area (Å²) in [7, 11) is 0. The summed E-state index contributed by atoms with van der Waals surface area (Å²) >= 11 is 1.50. The van der Waals surface area contributed by atoms with Crippen LogP contribution in [0.15, 0.2) is 30.3 Å². The Morgan fingerprint density at radius 1 is 1.06 bits per heavy atom. The second-order valence-corrected chi connectivity index (χ2v) is 11.4. The van der Waals surface area contributed by atoms with Gasteiger partial charge in [-0.1, -0.05) is 30.3 Å². The summed E-state index contributed by atoms with van der Waals surface area (Å²) in [5.74, 6) is 3.82. The highest BCUT2D eigenvalue weighted by Gasteiger charge is 2.56. The number of hydrogen-bond donors (Lipinski definition) is 0. The number of anilines is 1. The molecule has 1 amide bonds. The number of nitrogens with zero attached hydrogens (tertiary/aromatic N) is 4. The third-order valence-corrected chi connectivity index (χ3v) is 9.13. The van der Waals surface area contributed by atoms with Crippen LogP contribution in [0.5, 0.6) is 0 Å². The van der Waals surface area contributed by atoms with Gasteiger partial charge in [-0.25, -0.2) is 4.98 Å². The molecule has 164 valence electrons. The van der Waals surface area contributed by atoms with Gasteiger partial charge in [-0.3, -0.25) is 4.79 Å². The summed E-state index contributed by atoms with van der Waals surface area (Å²) in [6.45, 7) is 4.76. The van der Waals surface area contributed by atoms with Gasteiger partial charge in [0, 0.05) is 43.6 Å². The molecule has 1 aliphatic heterocycles. The topological polar surface area (TPSA) is 49.3 Å². The summed E-state index contributed by atoms with van der Waals surface area (Å²) in [4.78, 5) is 23.2. The van der Waals surface area contributed by atoms with Gasteiger partial charge in [0.2, 0.25) is 11.0 Å². The largest absolute Gasteiger partial charge is 0.343 e. The number of hydrogen-bond acceptors (Lipinski definition) is 5. The van der Waals surface area contributed by atoms with E-state index in [1.807, 2.05) is 6.07 Å². The molecule has 31 heavy (non-hydrogen) atoms. The lowest BCUT2D eigenvalue weighted by Crippen LogP contribution is -2.61. The molecule has 6 heteroatoms. The van der Waals surface area contributed by atoms with E-state index < -0.39 is 0 Å². The number of benzene rings is 1. The van der Waals surface area contributed by atoms with Crippen molar-refractivity contribution in [3.05, 3.63) is 41.7 Å². The maximum absolute atomic E-state index is 13.8. The number of amides is 1. The van der Waals surface area contributed by atoms with E-state index in [1.165, 1.54) is 36.4 Å². The number of piperazine rings is 1. The normalized spacial score (nSPS) is 34.4. The number of rotatable bonds is 4. The van der Waals surface area contributed by atoms with Crippen LogP contribution in [0, 0.1) is 23.2 Å². The first kappa shape index (κ1) is 19.7. The lowest BCUT2D eigenvalue weighted by atomic mass is 9.49. The molecule has 2 aromatic rings. The molecule has 4 saturated carbocycles. The first-order valence-electron chi connectivity index (χ1n) is 12.0. The number of aromatic nitrogens is 2. The summed E-state index contributed by atoms with van der Waals surface area (Å²) in [6.07, 6.45) is 8.41. The quantitative estimate of drug-likeness (QED) is 0.714. The molecular weight excluding hydrogens is 404 g/mol. The summed E-state index contributed by atoms with van der Waals surface area (Å²) in [6, 6.07) is 10.6. The Morgan fingerprint density at radius 2 is 1.74 bits per heavy atom. The highest BCUT2D eigenvalue weighted by Crippen LogP contribution is 2.60. The lowest BCUT2D eigenvalue weighted by molar-refractivity contribution is -0.160. The molecule has 5 nitrogen and oxygen atoms in total. The van der Waals surface area contributed by atoms with E-state index in [1.54, 1.807) is 0 Å². The molecule has 1 saturated heterocycles. The molecule has 0 radical (unpaired) electrons. The van der Waals surface area contributed by atoms with Gasteiger partial charge in [-0.05, 0) is 68.8 Å². The van der Waals surface area contributed by atoms with Crippen LogP contribution in [0.4, 0.5) is 5.13 Å². The van der Waals surface area contributed by atoms with E-state index in [4.69, 9.17) is 4.98 Å². The smallest absolute Gasteiger partial charge is 0.229 e. The van der Waals surface area contributed by atoms with Crippen molar-refractivity contribution in [2.45, 2.75) is 57.9 Å². The molecule has 4 bridgehead atoms. The van der Waals surface area contributed by atoms with Crippen LogP contribution in [0.1, 0.15) is 56.8 Å². The second kappa shape index (κ2) is 7.58. The standard InChI is InChI=1S/C25H32N4OS/c1-17-16-28(24-26-22(27-31-24)12-18-5-3-2-4-6-18)7-8-29(17)23(30)25-13-19-9-20(14-25)11-21(10-19)15-25/h2-6,17,19-21H,7-16H2,1H3. The van der Waals surface area contributed by atoms with Gasteiger partial charge in [0.15, 0.2) is 0 Å². The third kappa shape index (κ3) is 3.57. The van der Waals surface area contributed by atoms with E-state index in [0.717, 1.165) is 74.0 Å². The fourth-order valence-electron chi connectivity index (χ4n) is 7.33. The van der Waals surface area contributed by atoms with Crippen LogP contribution in [0.3, 0.4) is 0 Å². The van der Waals surface area contributed by atoms with Crippen molar-refractivity contribution in [3.63, 3.8) is 0 Å². The second-order valence-electron chi connectivity index (χ2n) is 10.6. The van der Waals surface area contributed by atoms with Crippen LogP contribution < -0.4 is 4.90 Å². The Kier molecular flexibility index (Phi) is 4.82. The average Bonchev–Trinajstić information content (AvgIpc) is 3.21. The molecule has 4 aliphatic carbocycles. The van der Waals surface area contributed by atoms with Gasteiger partial charge in [-0.2, -0.15) is 4.37 Å². The van der Waals surface area contributed by atoms with Gasteiger partial charge in [-0.15, -0.1) is 0 Å². The molecule has 0 spiro atoms. The molecule has 0 N–H and O–H groups in total. The Hall–Kier alpha value is -1.95. The summed E-state index contributed by atoms with van der Waals surface area (Å²) in [5.41, 5.74) is 1.21. The van der Waals surface area contributed by atoms with Crippen molar-refractivity contribution in [3.8, 4) is 0 Å². The first-order valence-corrected chi connectivity index (χ1v) is 12.8. The third-order valence-electron chi connectivity index (χ3n) is 8.31. The monoisotopic (exact) mass is 436 g/mol. The minimum atomic E-state index is -0.0310. The fourth-order valence-corrected chi connectivity index (χ4v) is 8.05. The van der Waals surface area contributed by atoms with Gasteiger partial charge >= 0.3 is 0 Å². The average molecular weight is 437 g/mol. The van der Waals surface area contributed by atoms with Crippen LogP contribution in [-0.2, 0) is 11.2 Å². The zero-order chi connectivity index (χ0) is 21.0. The van der Waals surface area contributed by atoms with Crippen LogP contribution in [0.2, 0.25) is 0 Å². The molecule has 1 aromatic heterocycles.